The molecular formula is C14H19NO2S. The first-order valence-electron chi connectivity index (χ1n) is 6.25. The highest BCUT2D eigenvalue weighted by Gasteiger charge is 2.27. The van der Waals surface area contributed by atoms with E-state index in [0.29, 0.717) is 19.6 Å². The Kier molecular flexibility index (Phi) is 4.30. The number of morpholine rings is 1. The van der Waals surface area contributed by atoms with Gasteiger partial charge in [-0.1, -0.05) is 12.1 Å². The average molecular weight is 265 g/mol. The van der Waals surface area contributed by atoms with Gasteiger partial charge in [-0.25, -0.2) is 0 Å². The van der Waals surface area contributed by atoms with Gasteiger partial charge in [-0.2, -0.15) is 0 Å². The molecule has 2 rings (SSSR count). The van der Waals surface area contributed by atoms with Crippen molar-refractivity contribution in [1.82, 2.24) is 4.90 Å². The molecule has 0 radical (unpaired) electrons. The van der Waals surface area contributed by atoms with Crippen LogP contribution in [0, 0.1) is 0 Å². The number of carbonyl (C=O) groups is 1. The third-order valence-corrected chi connectivity index (χ3v) is 3.52. The van der Waals surface area contributed by atoms with Gasteiger partial charge in [-0.3, -0.25) is 4.79 Å². The predicted molar refractivity (Wildman–Crippen MR) is 74.0 cm³/mol. The minimum Gasteiger partial charge on any atom is -0.375 e. The summed E-state index contributed by atoms with van der Waals surface area (Å²) in [6.45, 7) is 5.34. The normalized spacial score (nSPS) is 24.1. The van der Waals surface area contributed by atoms with Crippen molar-refractivity contribution in [3.63, 3.8) is 0 Å². The average Bonchev–Trinajstić information content (AvgIpc) is 2.35. The van der Waals surface area contributed by atoms with Gasteiger partial charge in [0.05, 0.1) is 25.2 Å². The Bertz CT molecular complexity index is 418. The Morgan fingerprint density at radius 1 is 1.39 bits per heavy atom. The van der Waals surface area contributed by atoms with E-state index < -0.39 is 0 Å². The van der Waals surface area contributed by atoms with Gasteiger partial charge in [0.25, 0.3) is 0 Å². The van der Waals surface area contributed by atoms with E-state index in [1.54, 1.807) is 0 Å². The third kappa shape index (κ3) is 3.27. The fraction of sp³-hybridized carbons (Fsp3) is 0.500. The first kappa shape index (κ1) is 13.4. The van der Waals surface area contributed by atoms with E-state index in [1.807, 2.05) is 43.0 Å². The lowest BCUT2D eigenvalue weighted by atomic mass is 10.1. The second kappa shape index (κ2) is 5.76. The van der Waals surface area contributed by atoms with E-state index in [-0.39, 0.29) is 18.1 Å². The molecule has 1 aliphatic heterocycles. The van der Waals surface area contributed by atoms with Gasteiger partial charge in [-0.15, -0.1) is 12.6 Å². The number of amides is 1. The second-order valence-corrected chi connectivity index (χ2v) is 5.40. The molecule has 1 aromatic carbocycles. The van der Waals surface area contributed by atoms with Gasteiger partial charge >= 0.3 is 0 Å². The van der Waals surface area contributed by atoms with Gasteiger partial charge in [0, 0.05) is 11.4 Å². The molecule has 1 aliphatic rings. The topological polar surface area (TPSA) is 29.5 Å². The van der Waals surface area contributed by atoms with Crippen LogP contribution in [0.4, 0.5) is 0 Å². The molecule has 0 N–H and O–H groups in total. The van der Waals surface area contributed by atoms with Crippen LogP contribution in [0.2, 0.25) is 0 Å². The summed E-state index contributed by atoms with van der Waals surface area (Å²) in [7, 11) is 0. The molecule has 3 nitrogen and oxygen atoms in total. The number of benzene rings is 1. The molecule has 1 fully saturated rings. The molecule has 2 unspecified atom stereocenters. The van der Waals surface area contributed by atoms with Crippen molar-refractivity contribution in [2.24, 2.45) is 0 Å². The number of hydrogen-bond acceptors (Lipinski definition) is 3. The highest BCUT2D eigenvalue weighted by Crippen LogP contribution is 2.14. The zero-order valence-electron chi connectivity index (χ0n) is 10.8. The van der Waals surface area contributed by atoms with Gasteiger partial charge in [0.1, 0.15) is 0 Å². The van der Waals surface area contributed by atoms with Gasteiger partial charge < -0.3 is 9.64 Å². The Hall–Kier alpha value is -1.00. The minimum atomic E-state index is 0.130. The van der Waals surface area contributed by atoms with Crippen molar-refractivity contribution in [2.75, 3.05) is 13.2 Å². The Morgan fingerprint density at radius 3 is 2.72 bits per heavy atom. The highest BCUT2D eigenvalue weighted by molar-refractivity contribution is 7.80. The zero-order valence-corrected chi connectivity index (χ0v) is 11.7. The van der Waals surface area contributed by atoms with Crippen LogP contribution >= 0.6 is 12.6 Å². The van der Waals surface area contributed by atoms with Crippen LogP contribution in [0.15, 0.2) is 29.2 Å². The van der Waals surface area contributed by atoms with Crippen molar-refractivity contribution in [3.05, 3.63) is 29.8 Å². The van der Waals surface area contributed by atoms with E-state index in [0.717, 1.165) is 10.5 Å². The largest absolute Gasteiger partial charge is 0.375 e. The van der Waals surface area contributed by atoms with Crippen LogP contribution in [0.25, 0.3) is 0 Å². The smallest absolute Gasteiger partial charge is 0.227 e. The summed E-state index contributed by atoms with van der Waals surface area (Å²) in [4.78, 5) is 15.1. The molecule has 0 bridgehead atoms. The fourth-order valence-corrected chi connectivity index (χ4v) is 2.29. The van der Waals surface area contributed by atoms with E-state index in [9.17, 15) is 4.79 Å². The van der Waals surface area contributed by atoms with Crippen molar-refractivity contribution < 1.29 is 9.53 Å². The molecule has 0 aromatic heterocycles. The number of rotatable bonds is 2. The summed E-state index contributed by atoms with van der Waals surface area (Å²) >= 11 is 4.24. The molecule has 4 heteroatoms. The SMILES string of the molecule is CC1CN(C(=O)Cc2ccc(S)cc2)C(C)CO1. The van der Waals surface area contributed by atoms with Crippen LogP contribution in [0.5, 0.6) is 0 Å². The minimum absolute atomic E-state index is 0.130. The lowest BCUT2D eigenvalue weighted by Crippen LogP contribution is -2.50. The summed E-state index contributed by atoms with van der Waals surface area (Å²) in [6.07, 6.45) is 0.579. The standard InChI is InChI=1S/C14H19NO2S/c1-10-9-17-11(2)8-15(10)14(16)7-12-3-5-13(18)6-4-12/h3-6,10-11,18H,7-9H2,1-2H3. The molecule has 0 spiro atoms. The van der Waals surface area contributed by atoms with E-state index in [2.05, 4.69) is 12.6 Å². The third-order valence-electron chi connectivity index (χ3n) is 3.22. The zero-order chi connectivity index (χ0) is 13.1. The summed E-state index contributed by atoms with van der Waals surface area (Å²) in [5.41, 5.74) is 1.03. The molecular weight excluding hydrogens is 246 g/mol. The summed E-state index contributed by atoms with van der Waals surface area (Å²) in [5, 5.41) is 0. The maximum absolute atomic E-state index is 12.3. The van der Waals surface area contributed by atoms with Crippen molar-refractivity contribution in [2.45, 2.75) is 37.3 Å². The summed E-state index contributed by atoms with van der Waals surface area (Å²) in [6, 6.07) is 7.90. The lowest BCUT2D eigenvalue weighted by Gasteiger charge is -2.36. The molecule has 0 aliphatic carbocycles. The molecule has 1 saturated heterocycles. The van der Waals surface area contributed by atoms with Gasteiger partial charge in [-0.05, 0) is 31.5 Å². The molecule has 1 amide bonds. The lowest BCUT2D eigenvalue weighted by molar-refractivity contribution is -0.142. The molecule has 0 saturated carbocycles. The number of hydrogen-bond donors (Lipinski definition) is 1. The quantitative estimate of drug-likeness (QED) is 0.830. The van der Waals surface area contributed by atoms with Crippen molar-refractivity contribution in [1.29, 1.82) is 0 Å². The monoisotopic (exact) mass is 265 g/mol. The first-order valence-corrected chi connectivity index (χ1v) is 6.70. The maximum Gasteiger partial charge on any atom is 0.227 e. The van der Waals surface area contributed by atoms with Crippen LogP contribution in [0.3, 0.4) is 0 Å². The first-order chi connectivity index (χ1) is 8.56. The number of nitrogens with zero attached hydrogens (tertiary/aromatic N) is 1. The van der Waals surface area contributed by atoms with E-state index >= 15 is 0 Å². The van der Waals surface area contributed by atoms with Crippen LogP contribution < -0.4 is 0 Å². The summed E-state index contributed by atoms with van der Waals surface area (Å²) < 4.78 is 5.53. The van der Waals surface area contributed by atoms with E-state index in [4.69, 9.17) is 4.74 Å². The molecule has 1 heterocycles. The number of ether oxygens (including phenoxy) is 1. The van der Waals surface area contributed by atoms with Gasteiger partial charge in [0.2, 0.25) is 5.91 Å². The predicted octanol–water partition coefficient (Wildman–Crippen LogP) is 2.15. The van der Waals surface area contributed by atoms with Crippen LogP contribution in [-0.2, 0) is 16.0 Å². The molecule has 98 valence electrons. The van der Waals surface area contributed by atoms with E-state index in [1.165, 1.54) is 0 Å². The van der Waals surface area contributed by atoms with Crippen LogP contribution in [0.1, 0.15) is 19.4 Å². The molecule has 1 aromatic rings. The van der Waals surface area contributed by atoms with Crippen LogP contribution in [-0.4, -0.2) is 36.1 Å². The Morgan fingerprint density at radius 2 is 2.06 bits per heavy atom. The van der Waals surface area contributed by atoms with Crippen molar-refractivity contribution in [3.8, 4) is 0 Å². The number of thiol groups is 1. The molecule has 18 heavy (non-hydrogen) atoms. The Labute approximate surface area is 114 Å². The van der Waals surface area contributed by atoms with Gasteiger partial charge in [0.15, 0.2) is 0 Å². The second-order valence-electron chi connectivity index (χ2n) is 4.88. The fourth-order valence-electron chi connectivity index (χ4n) is 2.14. The molecule has 2 atom stereocenters. The summed E-state index contributed by atoms with van der Waals surface area (Å²) in [5.74, 6) is 0.171. The highest BCUT2D eigenvalue weighted by atomic mass is 32.1. The Balaban J connectivity index is 2.00. The maximum atomic E-state index is 12.3. The van der Waals surface area contributed by atoms with Crippen molar-refractivity contribution >= 4 is 18.5 Å². The number of carbonyl (C=O) groups excluding carboxylic acids is 1.